The Labute approximate surface area is 175 Å². The smallest absolute Gasteiger partial charge is 0.261 e. The van der Waals surface area contributed by atoms with Crippen LogP contribution in [0.1, 0.15) is 5.69 Å². The number of pyridine rings is 1. The highest BCUT2D eigenvalue weighted by Gasteiger charge is 2.29. The number of anilines is 1. The number of carbonyl (C=O) groups excluding carboxylic acids is 1. The maximum Gasteiger partial charge on any atom is 0.261 e. The maximum absolute atomic E-state index is 12.9. The quantitative estimate of drug-likeness (QED) is 0.622. The number of aldehydes is 1. The number of hydrogen-bond acceptors (Lipinski definition) is 5. The molecule has 30 heavy (non-hydrogen) atoms. The maximum atomic E-state index is 12.9. The molecule has 1 aliphatic rings. The third kappa shape index (κ3) is 4.01. The largest absolute Gasteiger partial charge is 0.331 e. The van der Waals surface area contributed by atoms with Crippen LogP contribution in [0.5, 0.6) is 0 Å². The number of rotatable bonds is 6. The summed E-state index contributed by atoms with van der Waals surface area (Å²) in [5, 5.41) is 0. The Morgan fingerprint density at radius 2 is 1.57 bits per heavy atom. The Bertz CT molecular complexity index is 1190. The van der Waals surface area contributed by atoms with Crippen LogP contribution in [0.2, 0.25) is 0 Å². The van der Waals surface area contributed by atoms with E-state index in [9.17, 15) is 13.2 Å². The Balaban J connectivity index is 1.80. The van der Waals surface area contributed by atoms with Crippen LogP contribution in [0.25, 0.3) is 5.57 Å². The number of carbonyl (C=O) groups is 1. The van der Waals surface area contributed by atoms with Crippen LogP contribution in [0.4, 0.5) is 5.69 Å². The van der Waals surface area contributed by atoms with E-state index in [1.54, 1.807) is 47.6 Å². The molecule has 2 heterocycles. The van der Waals surface area contributed by atoms with Gasteiger partial charge in [0.1, 0.15) is 12.3 Å². The number of para-hydroxylation sites is 1. The van der Waals surface area contributed by atoms with Crippen molar-refractivity contribution < 1.29 is 13.2 Å². The van der Waals surface area contributed by atoms with E-state index in [1.165, 1.54) is 12.1 Å². The summed E-state index contributed by atoms with van der Waals surface area (Å²) < 4.78 is 28.5. The van der Waals surface area contributed by atoms with Gasteiger partial charge in [-0.05, 0) is 42.5 Å². The van der Waals surface area contributed by atoms with Crippen molar-refractivity contribution >= 4 is 27.6 Å². The molecular formula is C23H19N3O3S. The van der Waals surface area contributed by atoms with Crippen molar-refractivity contribution in [1.29, 1.82) is 0 Å². The number of nitrogens with zero attached hydrogens (tertiary/aromatic N) is 2. The molecule has 0 radical (unpaired) electrons. The molecule has 0 fully saturated rings. The minimum atomic E-state index is -3.87. The lowest BCUT2D eigenvalue weighted by molar-refractivity contribution is -0.108. The molecule has 1 unspecified atom stereocenters. The van der Waals surface area contributed by atoms with Gasteiger partial charge in [-0.15, -0.1) is 0 Å². The highest BCUT2D eigenvalue weighted by molar-refractivity contribution is 7.89. The summed E-state index contributed by atoms with van der Waals surface area (Å²) in [7, 11) is -3.87. The average molecular weight is 417 g/mol. The molecule has 1 N–H and O–H groups in total. The van der Waals surface area contributed by atoms with Crippen molar-refractivity contribution in [3.05, 3.63) is 109 Å². The zero-order valence-corrected chi connectivity index (χ0v) is 16.7. The Hall–Kier alpha value is -3.71. The molecule has 4 rings (SSSR count). The standard InChI is InChI=1S/C23H19N3O3S/c27-17-23-22(25-30(28,29)20-11-5-2-6-12-20)15-18(21-13-7-8-14-24-21)16-26(23)19-9-3-1-4-10-19/h1-17,23,25H. The van der Waals surface area contributed by atoms with Gasteiger partial charge in [0.2, 0.25) is 0 Å². The zero-order valence-electron chi connectivity index (χ0n) is 15.9. The normalized spacial score (nSPS) is 16.4. The minimum Gasteiger partial charge on any atom is -0.331 e. The summed E-state index contributed by atoms with van der Waals surface area (Å²) in [5.41, 5.74) is 2.36. The van der Waals surface area contributed by atoms with Crippen molar-refractivity contribution in [3.8, 4) is 0 Å². The SMILES string of the molecule is O=CC1C(NS(=O)(=O)c2ccccc2)=CC(c2ccccn2)=CN1c1ccccc1. The van der Waals surface area contributed by atoms with E-state index in [2.05, 4.69) is 9.71 Å². The lowest BCUT2D eigenvalue weighted by Crippen LogP contribution is -2.42. The molecule has 3 aromatic rings. The first-order valence-corrected chi connectivity index (χ1v) is 10.8. The summed E-state index contributed by atoms with van der Waals surface area (Å²) in [6, 6.07) is 22.0. The summed E-state index contributed by atoms with van der Waals surface area (Å²) in [6.45, 7) is 0. The molecule has 0 saturated carbocycles. The van der Waals surface area contributed by atoms with Gasteiger partial charge < -0.3 is 9.69 Å². The summed E-state index contributed by atoms with van der Waals surface area (Å²) in [5.74, 6) is 0. The molecule has 0 bridgehead atoms. The van der Waals surface area contributed by atoms with Crippen LogP contribution in [-0.2, 0) is 14.8 Å². The number of allylic oxidation sites excluding steroid dienone is 2. The first-order valence-electron chi connectivity index (χ1n) is 9.30. The molecule has 7 heteroatoms. The van der Waals surface area contributed by atoms with Crippen molar-refractivity contribution in [1.82, 2.24) is 9.71 Å². The fraction of sp³-hybridized carbons (Fsp3) is 0.0435. The fourth-order valence-electron chi connectivity index (χ4n) is 3.22. The number of sulfonamides is 1. The van der Waals surface area contributed by atoms with Crippen LogP contribution in [0, 0.1) is 0 Å². The minimum absolute atomic E-state index is 0.121. The third-order valence-corrected chi connectivity index (χ3v) is 6.05. The third-order valence-electron chi connectivity index (χ3n) is 4.66. The molecule has 2 aromatic carbocycles. The van der Waals surface area contributed by atoms with Crippen molar-refractivity contribution in [2.75, 3.05) is 4.90 Å². The number of aromatic nitrogens is 1. The van der Waals surface area contributed by atoms with Crippen molar-refractivity contribution in [2.24, 2.45) is 0 Å². The van der Waals surface area contributed by atoms with Gasteiger partial charge in [-0.1, -0.05) is 42.5 Å². The van der Waals surface area contributed by atoms with Gasteiger partial charge in [0.25, 0.3) is 10.0 Å². The van der Waals surface area contributed by atoms with Crippen LogP contribution >= 0.6 is 0 Å². The van der Waals surface area contributed by atoms with Gasteiger partial charge in [0.15, 0.2) is 0 Å². The molecule has 0 aliphatic carbocycles. The van der Waals surface area contributed by atoms with Gasteiger partial charge >= 0.3 is 0 Å². The predicted molar refractivity (Wildman–Crippen MR) is 116 cm³/mol. The van der Waals surface area contributed by atoms with Gasteiger partial charge in [-0.3, -0.25) is 9.71 Å². The topological polar surface area (TPSA) is 79.4 Å². The fourth-order valence-corrected chi connectivity index (χ4v) is 4.34. The summed E-state index contributed by atoms with van der Waals surface area (Å²) >= 11 is 0. The Kier molecular flexibility index (Phi) is 5.45. The monoisotopic (exact) mass is 417 g/mol. The van der Waals surface area contributed by atoms with Crippen molar-refractivity contribution in [3.63, 3.8) is 0 Å². The average Bonchev–Trinajstić information content (AvgIpc) is 2.80. The second-order valence-corrected chi connectivity index (χ2v) is 8.32. The zero-order chi connectivity index (χ0) is 21.0. The van der Waals surface area contributed by atoms with Crippen LogP contribution in [0.15, 0.2) is 108 Å². The predicted octanol–water partition coefficient (Wildman–Crippen LogP) is 3.37. The van der Waals surface area contributed by atoms with E-state index in [0.29, 0.717) is 11.3 Å². The van der Waals surface area contributed by atoms with Crippen LogP contribution < -0.4 is 9.62 Å². The van der Waals surface area contributed by atoms with E-state index in [4.69, 9.17) is 0 Å². The van der Waals surface area contributed by atoms with Crippen molar-refractivity contribution in [2.45, 2.75) is 10.9 Å². The van der Waals surface area contributed by atoms with E-state index < -0.39 is 16.1 Å². The first-order chi connectivity index (χ1) is 14.6. The number of benzene rings is 2. The number of hydrogen-bond donors (Lipinski definition) is 1. The summed E-state index contributed by atoms with van der Waals surface area (Å²) in [6.07, 6.45) is 5.84. The molecule has 0 spiro atoms. The molecule has 1 atom stereocenters. The molecule has 0 saturated heterocycles. The Morgan fingerprint density at radius 1 is 0.900 bits per heavy atom. The molecule has 6 nitrogen and oxygen atoms in total. The van der Waals surface area contributed by atoms with Gasteiger partial charge in [0, 0.05) is 23.7 Å². The van der Waals surface area contributed by atoms with Gasteiger partial charge in [-0.25, -0.2) is 8.42 Å². The van der Waals surface area contributed by atoms with E-state index in [0.717, 1.165) is 12.0 Å². The second-order valence-electron chi connectivity index (χ2n) is 6.64. The lowest BCUT2D eigenvalue weighted by Gasteiger charge is -2.33. The van der Waals surface area contributed by atoms with E-state index in [1.807, 2.05) is 42.5 Å². The van der Waals surface area contributed by atoms with Crippen LogP contribution in [-0.4, -0.2) is 25.7 Å². The number of nitrogens with one attached hydrogen (secondary N) is 1. The Morgan fingerprint density at radius 3 is 2.20 bits per heavy atom. The van der Waals surface area contributed by atoms with Crippen LogP contribution in [0.3, 0.4) is 0 Å². The molecular weight excluding hydrogens is 398 g/mol. The highest BCUT2D eigenvalue weighted by Crippen LogP contribution is 2.29. The molecule has 0 amide bonds. The molecule has 150 valence electrons. The highest BCUT2D eigenvalue weighted by atomic mass is 32.2. The van der Waals surface area contributed by atoms with Gasteiger partial charge in [-0.2, -0.15) is 0 Å². The van der Waals surface area contributed by atoms with E-state index >= 15 is 0 Å². The molecule has 1 aromatic heterocycles. The summed E-state index contributed by atoms with van der Waals surface area (Å²) in [4.78, 5) is 18.3. The molecule has 1 aliphatic heterocycles. The lowest BCUT2D eigenvalue weighted by atomic mass is 10.0. The first kappa shape index (κ1) is 19.6. The van der Waals surface area contributed by atoms with Gasteiger partial charge in [0.05, 0.1) is 16.3 Å². The van der Waals surface area contributed by atoms with E-state index in [-0.39, 0.29) is 10.6 Å². The second kappa shape index (κ2) is 8.34.